The second-order valence-electron chi connectivity index (χ2n) is 18.1. The number of rotatable bonds is 23. The molecule has 0 radical (unpaired) electrons. The first-order valence-electron chi connectivity index (χ1n) is 23.0. The average Bonchev–Trinajstić information content (AvgIpc) is 3.70. The van der Waals surface area contributed by atoms with Gasteiger partial charge in [-0.3, -0.25) is 14.2 Å². The van der Waals surface area contributed by atoms with Crippen LogP contribution in [0.3, 0.4) is 0 Å². The molecule has 5 aromatic carbocycles. The maximum Gasteiger partial charge on any atom is 0.407 e. The van der Waals surface area contributed by atoms with Crippen molar-refractivity contribution in [3.8, 4) is 0 Å². The fraction of sp³-hybridized carbons (Fsp3) is 0.358. The molecule has 0 aliphatic heterocycles. The van der Waals surface area contributed by atoms with Crippen LogP contribution in [0.15, 0.2) is 115 Å². The van der Waals surface area contributed by atoms with Crippen LogP contribution in [-0.4, -0.2) is 69.4 Å². The van der Waals surface area contributed by atoms with Crippen LogP contribution in [0.5, 0.6) is 0 Å². The summed E-state index contributed by atoms with van der Waals surface area (Å²) in [6.45, 7) is 10.2. The zero-order valence-electron chi connectivity index (χ0n) is 39.0. The van der Waals surface area contributed by atoms with E-state index in [-0.39, 0.29) is 31.8 Å². The Hall–Kier alpha value is -6.43. The number of carbonyl (C=O) groups is 4. The van der Waals surface area contributed by atoms with Gasteiger partial charge in [-0.05, 0) is 97.0 Å². The number of benzene rings is 5. The minimum Gasteiger partial charge on any atom is -0.480 e. The number of nitrogens with one attached hydrogen (secondary N) is 5. The van der Waals surface area contributed by atoms with Crippen LogP contribution in [0.1, 0.15) is 72.9 Å². The lowest BCUT2D eigenvalue weighted by Gasteiger charge is -2.30. The summed E-state index contributed by atoms with van der Waals surface area (Å²) < 4.78 is 20.4. The van der Waals surface area contributed by atoms with E-state index in [1.807, 2.05) is 144 Å². The fourth-order valence-corrected chi connectivity index (χ4v) is 10.7. The number of alkyl carbamates (subject to hydrolysis) is 1. The molecule has 1 heterocycles. The highest BCUT2D eigenvalue weighted by Gasteiger charge is 2.39. The summed E-state index contributed by atoms with van der Waals surface area (Å²) in [6.07, 6.45) is 2.25. The highest BCUT2D eigenvalue weighted by Crippen LogP contribution is 2.49. The molecule has 13 nitrogen and oxygen atoms in total. The number of aromatic amines is 1. The zero-order chi connectivity index (χ0) is 48.1. The van der Waals surface area contributed by atoms with Gasteiger partial charge in [0.2, 0.25) is 19.2 Å². The molecule has 67 heavy (non-hydrogen) atoms. The molecule has 3 amide bonds. The van der Waals surface area contributed by atoms with Crippen LogP contribution >= 0.6 is 7.37 Å². The first kappa shape index (κ1) is 50.0. The van der Waals surface area contributed by atoms with E-state index >= 15 is 4.57 Å². The van der Waals surface area contributed by atoms with Crippen LogP contribution in [0.25, 0.3) is 21.7 Å². The predicted octanol–water partition coefficient (Wildman–Crippen LogP) is 9.55. The quantitative estimate of drug-likeness (QED) is 0.0242. The summed E-state index contributed by atoms with van der Waals surface area (Å²) in [5.74, 6) is -4.81. The molecule has 0 saturated heterocycles. The van der Waals surface area contributed by atoms with E-state index in [0.717, 1.165) is 49.6 Å². The number of carbonyl (C=O) groups excluding carboxylic acids is 3. The molecule has 6 aromatic rings. The van der Waals surface area contributed by atoms with Gasteiger partial charge in [0, 0.05) is 54.3 Å². The van der Waals surface area contributed by atoms with Gasteiger partial charge >= 0.3 is 12.1 Å². The van der Waals surface area contributed by atoms with E-state index < -0.39 is 61.2 Å². The van der Waals surface area contributed by atoms with Crippen molar-refractivity contribution >= 4 is 58.6 Å². The van der Waals surface area contributed by atoms with Gasteiger partial charge in [0.05, 0.1) is 0 Å². The number of hydrogen-bond donors (Lipinski definition) is 7. The number of aliphatic carboxylic acids is 1. The number of ether oxygens (including phenoxy) is 1. The molecule has 0 aliphatic rings. The summed E-state index contributed by atoms with van der Waals surface area (Å²) in [4.78, 5) is 69.4. The van der Waals surface area contributed by atoms with Crippen molar-refractivity contribution < 1.29 is 38.5 Å². The zero-order valence-corrected chi connectivity index (χ0v) is 39.9. The Morgan fingerprint density at radius 1 is 0.746 bits per heavy atom. The summed E-state index contributed by atoms with van der Waals surface area (Å²) in [5, 5.41) is 25.0. The van der Waals surface area contributed by atoms with Crippen molar-refractivity contribution in [1.82, 2.24) is 20.9 Å². The molecule has 6 rings (SSSR count). The van der Waals surface area contributed by atoms with Crippen molar-refractivity contribution in [1.29, 1.82) is 0 Å². The largest absolute Gasteiger partial charge is 0.480 e. The Balaban J connectivity index is 1.23. The number of H-pyrrole nitrogens is 1. The van der Waals surface area contributed by atoms with E-state index in [1.54, 1.807) is 6.20 Å². The van der Waals surface area contributed by atoms with Gasteiger partial charge in [-0.2, -0.15) is 0 Å². The number of anilines is 1. The van der Waals surface area contributed by atoms with E-state index in [4.69, 9.17) is 4.74 Å². The number of carboxylic acid groups (broad SMARTS) is 1. The Morgan fingerprint density at radius 2 is 1.43 bits per heavy atom. The summed E-state index contributed by atoms with van der Waals surface area (Å²) >= 11 is 0. The van der Waals surface area contributed by atoms with E-state index in [1.165, 1.54) is 0 Å². The number of hydrogen-bond acceptors (Lipinski definition) is 7. The first-order valence-corrected chi connectivity index (χ1v) is 24.9. The van der Waals surface area contributed by atoms with Crippen LogP contribution in [0.4, 0.5) is 10.5 Å². The van der Waals surface area contributed by atoms with Gasteiger partial charge in [0.25, 0.3) is 0 Å². The third-order valence-corrected chi connectivity index (χ3v) is 14.3. The fourth-order valence-electron chi connectivity index (χ4n) is 8.72. The Labute approximate surface area is 392 Å². The lowest BCUT2D eigenvalue weighted by atomic mass is 9.97. The normalized spacial score (nSPS) is 14.1. The third kappa shape index (κ3) is 14.3. The molecule has 0 aliphatic carbocycles. The van der Waals surface area contributed by atoms with Crippen molar-refractivity contribution in [3.63, 3.8) is 0 Å². The van der Waals surface area contributed by atoms with Crippen LogP contribution < -0.4 is 21.3 Å². The SMILES string of the molecule is Cc1cc(C)c(N[C@@H](CCCCNC(=O)OCc2ccccc2)C(=O)NC(Cc2ccc3ccccc3c2)P(=O)(O)CC(CC(C)C)C(=O)N[C@@H](Cc2c[nH]c3ccccc23)C(=O)O)c(C)c1. The van der Waals surface area contributed by atoms with E-state index in [9.17, 15) is 29.2 Å². The average molecular weight is 930 g/mol. The van der Waals surface area contributed by atoms with Gasteiger partial charge in [0.15, 0.2) is 0 Å². The smallest absolute Gasteiger partial charge is 0.407 e. The number of fused-ring (bicyclic) bond motifs is 2. The predicted molar refractivity (Wildman–Crippen MR) is 265 cm³/mol. The molecule has 354 valence electrons. The van der Waals surface area contributed by atoms with Crippen LogP contribution in [0, 0.1) is 32.6 Å². The number of para-hydroxylation sites is 1. The van der Waals surface area contributed by atoms with E-state index in [2.05, 4.69) is 26.3 Å². The molecule has 0 bridgehead atoms. The maximum absolute atomic E-state index is 15.0. The highest BCUT2D eigenvalue weighted by molar-refractivity contribution is 7.58. The van der Waals surface area contributed by atoms with Gasteiger partial charge in [-0.1, -0.05) is 123 Å². The molecular weight excluding hydrogens is 866 g/mol. The minimum atomic E-state index is -4.46. The Morgan fingerprint density at radius 3 is 2.15 bits per heavy atom. The molecule has 0 fully saturated rings. The Bertz CT molecular complexity index is 2680. The van der Waals surface area contributed by atoms with Crippen molar-refractivity contribution in [2.45, 2.75) is 97.6 Å². The number of unbranched alkanes of at least 4 members (excludes halogenated alkanes) is 1. The van der Waals surface area contributed by atoms with Gasteiger partial charge in [-0.25, -0.2) is 9.59 Å². The number of amides is 3. The molecule has 1 aromatic heterocycles. The second kappa shape index (κ2) is 23.3. The summed E-state index contributed by atoms with van der Waals surface area (Å²) in [5.41, 5.74) is 6.85. The van der Waals surface area contributed by atoms with Crippen LogP contribution in [0.2, 0.25) is 0 Å². The lowest BCUT2D eigenvalue weighted by Crippen LogP contribution is -2.48. The Kier molecular flexibility index (Phi) is 17.4. The van der Waals surface area contributed by atoms with Crippen molar-refractivity contribution in [3.05, 3.63) is 149 Å². The summed E-state index contributed by atoms with van der Waals surface area (Å²) in [6, 6.07) is 32.3. The van der Waals surface area contributed by atoms with Gasteiger partial charge in [0.1, 0.15) is 24.5 Å². The number of aromatic nitrogens is 1. The molecular formula is C53H64N5O8P. The summed E-state index contributed by atoms with van der Waals surface area (Å²) in [7, 11) is -4.46. The maximum atomic E-state index is 15.0. The second-order valence-corrected chi connectivity index (χ2v) is 20.6. The number of aryl methyl sites for hydroxylation is 3. The number of carboxylic acids is 1. The monoisotopic (exact) mass is 929 g/mol. The molecule has 7 N–H and O–H groups in total. The molecule has 0 spiro atoms. The van der Waals surface area contributed by atoms with Gasteiger partial charge < -0.3 is 41.0 Å². The van der Waals surface area contributed by atoms with Crippen molar-refractivity contribution in [2.75, 3.05) is 18.0 Å². The molecule has 5 atom stereocenters. The molecule has 14 heteroatoms. The molecule has 3 unspecified atom stereocenters. The topological polar surface area (TPSA) is 199 Å². The first-order chi connectivity index (χ1) is 32.1. The molecule has 0 saturated carbocycles. The van der Waals surface area contributed by atoms with Crippen LogP contribution in [-0.2, 0) is 43.1 Å². The lowest BCUT2D eigenvalue weighted by molar-refractivity contribution is -0.142. The highest BCUT2D eigenvalue weighted by atomic mass is 31.2. The van der Waals surface area contributed by atoms with Gasteiger partial charge in [-0.15, -0.1) is 0 Å². The minimum absolute atomic E-state index is 0.000354. The standard InChI is InChI=1S/C53H64N5O8P/c1-34(2)25-43(50(59)57-47(52(61)62)30-42-31-55-45-20-12-11-19-44(42)45)33-67(64,65)48(29-39-22-23-40-17-9-10-18-41(40)28-39)58-51(60)46(56-49-36(4)26-35(3)27-37(49)5)21-13-14-24-54-53(63)66-32-38-15-7-6-8-16-38/h6-12,15-20,22-23,26-28,31,34,43,46-48,55-56H,13-14,21,24-25,29-30,32-33H2,1-5H3,(H,54,63)(H,57,59)(H,58,60)(H,61,62)(H,64,65)/t43?,46-,47-,48?/m0/s1. The third-order valence-electron chi connectivity index (χ3n) is 12.1. The van der Waals surface area contributed by atoms with Crippen molar-refractivity contribution in [2.24, 2.45) is 11.8 Å². The van der Waals surface area contributed by atoms with E-state index in [0.29, 0.717) is 36.9 Å².